The number of amides is 1. The summed E-state index contributed by atoms with van der Waals surface area (Å²) in [7, 11) is -3.75. The number of fused-ring (bicyclic) bond motifs is 1. The molecular formula is C22H24N2O4S. The molecule has 0 aromatic heterocycles. The highest BCUT2D eigenvalue weighted by molar-refractivity contribution is 7.89. The number of hydrogen-bond donors (Lipinski definition) is 1. The normalized spacial score (nSPS) is 25.1. The number of carbonyl (C=O) groups excluding carboxylic acids is 1. The van der Waals surface area contributed by atoms with E-state index in [1.165, 1.54) is 4.31 Å². The van der Waals surface area contributed by atoms with Crippen molar-refractivity contribution in [2.75, 3.05) is 19.7 Å². The molecule has 0 unspecified atom stereocenters. The lowest BCUT2D eigenvalue weighted by Gasteiger charge is -2.58. The summed E-state index contributed by atoms with van der Waals surface area (Å²) in [5.74, 6) is -0.362. The third-order valence-corrected chi connectivity index (χ3v) is 7.61. The van der Waals surface area contributed by atoms with Crippen molar-refractivity contribution in [1.82, 2.24) is 9.21 Å². The molecule has 2 heterocycles. The van der Waals surface area contributed by atoms with E-state index in [1.807, 2.05) is 43.3 Å². The first-order chi connectivity index (χ1) is 14.0. The van der Waals surface area contributed by atoms with E-state index >= 15 is 0 Å². The highest BCUT2D eigenvalue weighted by Crippen LogP contribution is 2.43. The predicted molar refractivity (Wildman–Crippen MR) is 111 cm³/mol. The van der Waals surface area contributed by atoms with Gasteiger partial charge >= 0.3 is 0 Å². The molecule has 0 saturated carbocycles. The second-order valence-corrected chi connectivity index (χ2v) is 9.36. The molecule has 29 heavy (non-hydrogen) atoms. The van der Waals surface area contributed by atoms with Gasteiger partial charge in [-0.3, -0.25) is 4.79 Å². The van der Waals surface area contributed by atoms with Gasteiger partial charge in [-0.2, -0.15) is 4.31 Å². The van der Waals surface area contributed by atoms with Gasteiger partial charge in [0.05, 0.1) is 30.1 Å². The van der Waals surface area contributed by atoms with E-state index in [0.29, 0.717) is 0 Å². The smallest absolute Gasteiger partial charge is 0.243 e. The number of hydrogen-bond acceptors (Lipinski definition) is 4. The highest BCUT2D eigenvalue weighted by Gasteiger charge is 2.55. The molecule has 2 fully saturated rings. The summed E-state index contributed by atoms with van der Waals surface area (Å²) in [6.45, 7) is 1.84. The Hall–Kier alpha value is -2.48. The van der Waals surface area contributed by atoms with E-state index in [-0.39, 0.29) is 48.5 Å². The van der Waals surface area contributed by atoms with Gasteiger partial charge in [-0.05, 0) is 30.2 Å². The number of sulfonamides is 1. The van der Waals surface area contributed by atoms with Gasteiger partial charge in [0.2, 0.25) is 15.9 Å². The standard InChI is InChI=1S/C22H24N2O4S/c1-2-6-16-9-11-17(12-10-16)22-19-13-23(14-21(26)24(19)20(22)15-25)29(27,28)18-7-4-3-5-8-18/h2-12,19-20,22,25H,13-15H2,1H3/b6-2+/t19-,20+,22-/m0/s1. The summed E-state index contributed by atoms with van der Waals surface area (Å²) in [6, 6.07) is 15.6. The Morgan fingerprint density at radius 1 is 1.10 bits per heavy atom. The van der Waals surface area contributed by atoms with Crippen LogP contribution in [0, 0.1) is 0 Å². The molecule has 4 rings (SSSR count). The zero-order chi connectivity index (χ0) is 20.6. The highest BCUT2D eigenvalue weighted by atomic mass is 32.2. The zero-order valence-corrected chi connectivity index (χ0v) is 17.0. The summed E-state index contributed by atoms with van der Waals surface area (Å²) in [5.41, 5.74) is 2.08. The number of aliphatic hydroxyl groups excluding tert-OH is 1. The van der Waals surface area contributed by atoms with Crippen LogP contribution in [0.1, 0.15) is 24.0 Å². The topological polar surface area (TPSA) is 77.9 Å². The lowest BCUT2D eigenvalue weighted by Crippen LogP contribution is -2.73. The molecule has 7 heteroatoms. The molecule has 1 N–H and O–H groups in total. The Morgan fingerprint density at radius 2 is 1.79 bits per heavy atom. The lowest BCUT2D eigenvalue weighted by molar-refractivity contribution is -0.158. The third kappa shape index (κ3) is 3.39. The van der Waals surface area contributed by atoms with Crippen molar-refractivity contribution in [1.29, 1.82) is 0 Å². The number of benzene rings is 2. The maximum absolute atomic E-state index is 13.0. The Balaban J connectivity index is 1.62. The van der Waals surface area contributed by atoms with Gasteiger partial charge in [0, 0.05) is 12.5 Å². The van der Waals surface area contributed by atoms with Gasteiger partial charge < -0.3 is 10.0 Å². The second-order valence-electron chi connectivity index (χ2n) is 7.42. The molecule has 152 valence electrons. The van der Waals surface area contributed by atoms with Crippen molar-refractivity contribution in [3.05, 3.63) is 71.8 Å². The number of carbonyl (C=O) groups is 1. The minimum Gasteiger partial charge on any atom is -0.394 e. The Labute approximate surface area is 171 Å². The first kappa shape index (κ1) is 19.8. The SMILES string of the molecule is C/C=C/c1ccc([C@@H]2[C@@H](CO)N3C(=O)CN(S(=O)(=O)c4ccccc4)C[C@@H]23)cc1. The second kappa shape index (κ2) is 7.74. The summed E-state index contributed by atoms with van der Waals surface area (Å²) in [5, 5.41) is 9.88. The Kier molecular flexibility index (Phi) is 5.29. The largest absolute Gasteiger partial charge is 0.394 e. The average molecular weight is 413 g/mol. The fourth-order valence-electron chi connectivity index (χ4n) is 4.42. The van der Waals surface area contributed by atoms with Crippen LogP contribution in [0.25, 0.3) is 6.08 Å². The minimum absolute atomic E-state index is 0.0996. The van der Waals surface area contributed by atoms with Crippen LogP contribution in [0.4, 0.5) is 0 Å². The average Bonchev–Trinajstić information content (AvgIpc) is 2.71. The summed E-state index contributed by atoms with van der Waals surface area (Å²) in [6.07, 6.45) is 3.96. The molecule has 0 radical (unpaired) electrons. The van der Waals surface area contributed by atoms with Gasteiger partial charge in [-0.15, -0.1) is 0 Å². The molecule has 2 aromatic carbocycles. The van der Waals surface area contributed by atoms with Crippen LogP contribution in [0.3, 0.4) is 0 Å². The van der Waals surface area contributed by atoms with E-state index in [1.54, 1.807) is 35.2 Å². The van der Waals surface area contributed by atoms with E-state index < -0.39 is 10.0 Å². The van der Waals surface area contributed by atoms with Crippen LogP contribution in [0.2, 0.25) is 0 Å². The van der Waals surface area contributed by atoms with Crippen molar-refractivity contribution in [2.45, 2.75) is 29.8 Å². The molecule has 0 aliphatic carbocycles. The number of nitrogens with zero attached hydrogens (tertiary/aromatic N) is 2. The van der Waals surface area contributed by atoms with E-state index in [9.17, 15) is 18.3 Å². The van der Waals surface area contributed by atoms with Gasteiger partial charge in [0.1, 0.15) is 0 Å². The first-order valence-electron chi connectivity index (χ1n) is 9.67. The maximum Gasteiger partial charge on any atom is 0.243 e. The van der Waals surface area contributed by atoms with Crippen LogP contribution in [0.15, 0.2) is 65.6 Å². The number of allylic oxidation sites excluding steroid dienone is 1. The molecule has 2 aromatic rings. The van der Waals surface area contributed by atoms with Gasteiger partial charge in [-0.25, -0.2) is 8.42 Å². The van der Waals surface area contributed by atoms with Crippen LogP contribution < -0.4 is 0 Å². The third-order valence-electron chi connectivity index (χ3n) is 5.78. The summed E-state index contributed by atoms with van der Waals surface area (Å²) in [4.78, 5) is 14.6. The van der Waals surface area contributed by atoms with Crippen LogP contribution >= 0.6 is 0 Å². The Morgan fingerprint density at radius 3 is 2.41 bits per heavy atom. The quantitative estimate of drug-likeness (QED) is 0.816. The van der Waals surface area contributed by atoms with E-state index in [4.69, 9.17) is 0 Å². The molecule has 2 saturated heterocycles. The maximum atomic E-state index is 13.0. The minimum atomic E-state index is -3.75. The summed E-state index contributed by atoms with van der Waals surface area (Å²) < 4.78 is 27.3. The first-order valence-corrected chi connectivity index (χ1v) is 11.1. The molecule has 6 nitrogen and oxygen atoms in total. The van der Waals surface area contributed by atoms with Crippen molar-refractivity contribution < 1.29 is 18.3 Å². The van der Waals surface area contributed by atoms with Gasteiger partial charge in [0.15, 0.2) is 0 Å². The summed E-state index contributed by atoms with van der Waals surface area (Å²) >= 11 is 0. The van der Waals surface area contributed by atoms with Crippen molar-refractivity contribution in [3.63, 3.8) is 0 Å². The fourth-order valence-corrected chi connectivity index (χ4v) is 5.84. The molecule has 0 bridgehead atoms. The van der Waals surface area contributed by atoms with Crippen molar-refractivity contribution >= 4 is 22.0 Å². The van der Waals surface area contributed by atoms with Gasteiger partial charge in [0.25, 0.3) is 0 Å². The zero-order valence-electron chi connectivity index (χ0n) is 16.2. The van der Waals surface area contributed by atoms with Crippen LogP contribution in [-0.4, -0.2) is 60.4 Å². The fraction of sp³-hybridized carbons (Fsp3) is 0.318. The van der Waals surface area contributed by atoms with Crippen molar-refractivity contribution in [2.24, 2.45) is 0 Å². The molecule has 0 spiro atoms. The lowest BCUT2D eigenvalue weighted by atomic mass is 9.74. The molecule has 2 aliphatic heterocycles. The monoisotopic (exact) mass is 412 g/mol. The predicted octanol–water partition coefficient (Wildman–Crippen LogP) is 2.08. The molecular weight excluding hydrogens is 388 g/mol. The number of piperazine rings is 1. The Bertz CT molecular complexity index is 1020. The number of rotatable bonds is 5. The van der Waals surface area contributed by atoms with Gasteiger partial charge in [-0.1, -0.05) is 54.6 Å². The van der Waals surface area contributed by atoms with E-state index in [0.717, 1.165) is 11.1 Å². The van der Waals surface area contributed by atoms with Crippen molar-refractivity contribution in [3.8, 4) is 0 Å². The number of aliphatic hydroxyl groups is 1. The molecule has 2 aliphatic rings. The molecule has 3 atom stereocenters. The van der Waals surface area contributed by atoms with Crippen LogP contribution in [-0.2, 0) is 14.8 Å². The molecule has 1 amide bonds. The van der Waals surface area contributed by atoms with Crippen LogP contribution in [0.5, 0.6) is 0 Å². The van der Waals surface area contributed by atoms with E-state index in [2.05, 4.69) is 0 Å².